The maximum atomic E-state index is 15.3. The normalized spacial score (nSPS) is 19.4. The molecular weight excluding hydrogens is 686 g/mol. The molecule has 4 rings (SSSR count). The topological polar surface area (TPSA) is 117 Å². The number of rotatable bonds is 4. The minimum Gasteiger partial charge on any atom is -0.474 e. The number of aromatic nitrogens is 3. The Labute approximate surface area is 291 Å². The number of halogens is 6. The number of allylic oxidation sites excluding steroid dienone is 1. The summed E-state index contributed by atoms with van der Waals surface area (Å²) in [4.78, 5) is 31.3. The third-order valence-electron chi connectivity index (χ3n) is 7.61. The molecule has 51 heavy (non-hydrogen) atoms. The maximum Gasteiger partial charge on any atom is 0.424 e. The van der Waals surface area contributed by atoms with Gasteiger partial charge in [0.15, 0.2) is 5.69 Å². The summed E-state index contributed by atoms with van der Waals surface area (Å²) in [5.41, 5.74) is -7.80. The lowest BCUT2D eigenvalue weighted by molar-refractivity contribution is -0.201. The van der Waals surface area contributed by atoms with Crippen LogP contribution in [0.1, 0.15) is 91.2 Å². The molecule has 4 bridgehead atoms. The lowest BCUT2D eigenvalue weighted by atomic mass is 9.77. The largest absolute Gasteiger partial charge is 0.474 e. The number of amides is 2. The van der Waals surface area contributed by atoms with Crippen LogP contribution in [0, 0.1) is 0 Å². The quantitative estimate of drug-likeness (QED) is 0.191. The van der Waals surface area contributed by atoms with Crippen LogP contribution in [0.4, 0.5) is 41.6 Å². The maximum absolute atomic E-state index is 15.3. The van der Waals surface area contributed by atoms with Crippen molar-refractivity contribution in [2.24, 2.45) is 0 Å². The summed E-state index contributed by atoms with van der Waals surface area (Å²) in [5, 5.41) is 7.58. The molecule has 10 nitrogen and oxygen atoms in total. The minimum absolute atomic E-state index is 0.0133. The molecule has 0 unspecified atom stereocenters. The summed E-state index contributed by atoms with van der Waals surface area (Å²) in [5.74, 6) is -2.70. The van der Waals surface area contributed by atoms with Gasteiger partial charge in [0.2, 0.25) is 11.8 Å². The minimum atomic E-state index is -5.16. The third-order valence-corrected chi connectivity index (χ3v) is 7.61. The zero-order valence-electron chi connectivity index (χ0n) is 29.2. The van der Waals surface area contributed by atoms with Gasteiger partial charge >= 0.3 is 24.5 Å². The summed E-state index contributed by atoms with van der Waals surface area (Å²) in [6.45, 7) is 10.1. The number of hydrogen-bond acceptors (Lipinski definition) is 9. The van der Waals surface area contributed by atoms with Crippen molar-refractivity contribution in [3.63, 3.8) is 0 Å². The van der Waals surface area contributed by atoms with Gasteiger partial charge in [0, 0.05) is 6.42 Å². The number of nitrogens with zero attached hydrogens (tertiary/aromatic N) is 4. The first-order valence-electron chi connectivity index (χ1n) is 16.2. The second-order valence-corrected chi connectivity index (χ2v) is 14.2. The van der Waals surface area contributed by atoms with Gasteiger partial charge in [-0.25, -0.2) is 14.6 Å². The van der Waals surface area contributed by atoms with Gasteiger partial charge in [0.05, 0.1) is 5.69 Å². The van der Waals surface area contributed by atoms with Crippen molar-refractivity contribution in [1.82, 2.24) is 15.2 Å². The molecule has 2 atom stereocenters. The molecular formula is C35H40F6N4O6. The van der Waals surface area contributed by atoms with Crippen LogP contribution in [-0.4, -0.2) is 50.9 Å². The van der Waals surface area contributed by atoms with Crippen molar-refractivity contribution in [3.8, 4) is 17.5 Å². The van der Waals surface area contributed by atoms with Crippen LogP contribution in [0.2, 0.25) is 0 Å². The fourth-order valence-corrected chi connectivity index (χ4v) is 5.23. The van der Waals surface area contributed by atoms with E-state index in [1.54, 1.807) is 30.3 Å². The number of benzene rings is 1. The van der Waals surface area contributed by atoms with Crippen molar-refractivity contribution < 1.29 is 54.6 Å². The molecule has 0 fully saturated rings. The van der Waals surface area contributed by atoms with Crippen molar-refractivity contribution in [2.45, 2.75) is 116 Å². The fraction of sp³-hybridized carbons (Fsp3) is 0.514. The molecule has 1 aromatic carbocycles. The van der Waals surface area contributed by atoms with Gasteiger partial charge in [-0.2, -0.15) is 31.2 Å². The van der Waals surface area contributed by atoms with Gasteiger partial charge in [-0.1, -0.05) is 42.5 Å². The molecule has 0 radical (unpaired) electrons. The predicted molar refractivity (Wildman–Crippen MR) is 173 cm³/mol. The number of hydrogen-bond donors (Lipinski definition) is 0. The molecule has 0 aliphatic carbocycles. The number of alkyl halides is 6. The number of aryl methyl sites for hydroxylation is 1. The van der Waals surface area contributed by atoms with Crippen LogP contribution in [0.5, 0.6) is 5.88 Å². The van der Waals surface area contributed by atoms with Crippen molar-refractivity contribution in [2.75, 3.05) is 4.90 Å². The SMILES string of the molecule is C[C@@H]1C/C=C\CC[C@](CCc2ccccc2)(C(F)(F)F)c2nnc(o2)-c2nc(c(C(F)(F)F)cc2N(C(=O)OC(C)(C)C)C(=O)OC(C)(C)C)O1. The highest BCUT2D eigenvalue weighted by atomic mass is 19.4. The number of carbonyl (C=O) groups is 2. The van der Waals surface area contributed by atoms with Crippen LogP contribution in [-0.2, 0) is 27.5 Å². The second kappa shape index (κ2) is 14.5. The first-order valence-corrected chi connectivity index (χ1v) is 16.2. The molecule has 0 saturated heterocycles. The zero-order valence-corrected chi connectivity index (χ0v) is 29.2. The highest BCUT2D eigenvalue weighted by Gasteiger charge is 2.59. The van der Waals surface area contributed by atoms with E-state index in [0.29, 0.717) is 11.6 Å². The summed E-state index contributed by atoms with van der Waals surface area (Å²) >= 11 is 0. The predicted octanol–water partition coefficient (Wildman–Crippen LogP) is 9.77. The average Bonchev–Trinajstić information content (AvgIpc) is 3.46. The molecule has 3 aromatic rings. The Morgan fingerprint density at radius 3 is 2.08 bits per heavy atom. The molecule has 16 heteroatoms. The van der Waals surface area contributed by atoms with Crippen molar-refractivity contribution in [1.29, 1.82) is 0 Å². The molecule has 3 heterocycles. The highest BCUT2D eigenvalue weighted by molar-refractivity contribution is 6.11. The smallest absolute Gasteiger partial charge is 0.424 e. The summed E-state index contributed by atoms with van der Waals surface area (Å²) in [6, 6.07) is 8.85. The fourth-order valence-electron chi connectivity index (χ4n) is 5.23. The molecule has 1 aliphatic heterocycles. The first kappa shape index (κ1) is 39.2. The van der Waals surface area contributed by atoms with Crippen LogP contribution >= 0.6 is 0 Å². The molecule has 2 amide bonds. The number of anilines is 1. The Hall–Kier alpha value is -4.63. The first-order chi connectivity index (χ1) is 23.5. The van der Waals surface area contributed by atoms with E-state index in [4.69, 9.17) is 18.6 Å². The average molecular weight is 727 g/mol. The van der Waals surface area contributed by atoms with Gasteiger partial charge in [0.25, 0.3) is 5.89 Å². The monoisotopic (exact) mass is 726 g/mol. The van der Waals surface area contributed by atoms with Crippen LogP contribution in [0.3, 0.4) is 0 Å². The van der Waals surface area contributed by atoms with E-state index in [9.17, 15) is 22.8 Å². The van der Waals surface area contributed by atoms with E-state index in [-0.39, 0.29) is 24.2 Å². The van der Waals surface area contributed by atoms with Gasteiger partial charge in [-0.05, 0) is 85.8 Å². The van der Waals surface area contributed by atoms with Gasteiger partial charge in [-0.3, -0.25) is 0 Å². The lowest BCUT2D eigenvalue weighted by Crippen LogP contribution is -2.44. The van der Waals surface area contributed by atoms with E-state index in [0.717, 1.165) is 0 Å². The standard InChI is InChI=1S/C35H40F6N4O6/c1-21-14-10-9-13-18-33(35(39,40)41,19-17-22-15-11-8-12-16-22)28-44-43-27(49-28)25-24(20-23(34(36,37)38)26(42-25)48-21)45(29(46)50-31(2,3)4)30(47)51-32(5,6)7/h8-12,15-16,20-21H,13-14,17-19H2,1-7H3/b10-9-/t21-,33-/m1/s1. The summed E-state index contributed by atoms with van der Waals surface area (Å²) in [6.07, 6.45) is -12.2. The molecule has 0 saturated carbocycles. The Kier molecular flexibility index (Phi) is 11.2. The highest BCUT2D eigenvalue weighted by Crippen LogP contribution is 2.49. The summed E-state index contributed by atoms with van der Waals surface area (Å²) in [7, 11) is 0. The lowest BCUT2D eigenvalue weighted by Gasteiger charge is -2.32. The van der Waals surface area contributed by atoms with Crippen molar-refractivity contribution >= 4 is 17.9 Å². The Balaban J connectivity index is 2.04. The molecule has 2 aromatic heterocycles. The number of carbonyl (C=O) groups excluding carboxylic acids is 2. The van der Waals surface area contributed by atoms with Crippen LogP contribution in [0.25, 0.3) is 11.6 Å². The molecule has 1 aliphatic rings. The Morgan fingerprint density at radius 1 is 0.922 bits per heavy atom. The Bertz CT molecular complexity index is 1700. The van der Waals surface area contributed by atoms with Crippen LogP contribution < -0.4 is 9.64 Å². The third kappa shape index (κ3) is 9.58. The molecule has 0 spiro atoms. The van der Waals surface area contributed by atoms with E-state index < -0.39 is 94.7 Å². The molecule has 0 N–H and O–H groups in total. The summed E-state index contributed by atoms with van der Waals surface area (Å²) < 4.78 is 112. The van der Waals surface area contributed by atoms with E-state index in [2.05, 4.69) is 15.2 Å². The van der Waals surface area contributed by atoms with Crippen molar-refractivity contribution in [3.05, 3.63) is 65.6 Å². The number of imide groups is 1. The second-order valence-electron chi connectivity index (χ2n) is 14.2. The van der Waals surface area contributed by atoms with E-state index in [1.807, 2.05) is 0 Å². The number of fused-ring (bicyclic) bond motifs is 5. The van der Waals surface area contributed by atoms with Gasteiger partial charge in [0.1, 0.15) is 28.3 Å². The number of ether oxygens (including phenoxy) is 3. The number of pyridine rings is 1. The Morgan fingerprint density at radius 2 is 1.53 bits per heavy atom. The molecule has 278 valence electrons. The zero-order chi connectivity index (χ0) is 38.0. The van der Waals surface area contributed by atoms with Gasteiger partial charge in [-0.15, -0.1) is 10.2 Å². The van der Waals surface area contributed by atoms with Crippen LogP contribution in [0.15, 0.2) is 53.0 Å². The van der Waals surface area contributed by atoms with Gasteiger partial charge < -0.3 is 18.6 Å². The van der Waals surface area contributed by atoms with E-state index >= 15 is 13.2 Å². The van der Waals surface area contributed by atoms with E-state index in [1.165, 1.54) is 60.6 Å².